The molecule has 1 aliphatic rings. The molecule has 0 saturated carbocycles. The largest absolute Gasteiger partial charge is 0.337 e. The molecule has 0 unspecified atom stereocenters. The number of rotatable bonds is 4. The number of hydrogen-bond donors (Lipinski definition) is 1. The molecule has 1 fully saturated rings. The summed E-state index contributed by atoms with van der Waals surface area (Å²) in [6.07, 6.45) is 0.666. The van der Waals surface area contributed by atoms with Crippen molar-refractivity contribution in [1.29, 1.82) is 0 Å². The predicted molar refractivity (Wildman–Crippen MR) is 125 cm³/mol. The van der Waals surface area contributed by atoms with Crippen LogP contribution in [0.1, 0.15) is 16.8 Å². The lowest BCUT2D eigenvalue weighted by Crippen LogP contribution is -2.39. The number of anilines is 1. The van der Waals surface area contributed by atoms with Crippen molar-refractivity contribution in [3.8, 4) is 0 Å². The maximum atomic E-state index is 13.1. The van der Waals surface area contributed by atoms with E-state index in [1.165, 1.54) is 24.3 Å². The van der Waals surface area contributed by atoms with E-state index in [1.54, 1.807) is 34.1 Å². The third kappa shape index (κ3) is 6.00. The summed E-state index contributed by atoms with van der Waals surface area (Å²) in [5, 5.41) is 11.3. The maximum Gasteiger partial charge on any atom is 0.321 e. The Morgan fingerprint density at radius 3 is 2.03 bits per heavy atom. The number of benzene rings is 3. The second kappa shape index (κ2) is 10.5. The van der Waals surface area contributed by atoms with E-state index in [0.717, 1.165) is 5.69 Å². The van der Waals surface area contributed by atoms with Crippen LogP contribution in [-0.4, -0.2) is 47.9 Å². The van der Waals surface area contributed by atoms with Crippen LogP contribution in [0.2, 0.25) is 0 Å². The van der Waals surface area contributed by atoms with Crippen molar-refractivity contribution in [2.75, 3.05) is 31.5 Å². The molecule has 0 aliphatic carbocycles. The summed E-state index contributed by atoms with van der Waals surface area (Å²) in [5.41, 5.74) is 2.55. The molecule has 0 atom stereocenters. The number of nitrogens with one attached hydrogen (secondary N) is 1. The molecule has 3 aromatic carbocycles. The topological polar surface area (TPSA) is 77.4 Å². The van der Waals surface area contributed by atoms with Gasteiger partial charge in [-0.1, -0.05) is 18.2 Å². The van der Waals surface area contributed by atoms with Crippen LogP contribution >= 0.6 is 0 Å². The van der Waals surface area contributed by atoms with Gasteiger partial charge in [0.15, 0.2) is 0 Å². The van der Waals surface area contributed by atoms with E-state index in [1.807, 2.05) is 30.3 Å². The van der Waals surface area contributed by atoms with Gasteiger partial charge in [-0.3, -0.25) is 4.79 Å². The van der Waals surface area contributed by atoms with Gasteiger partial charge < -0.3 is 15.1 Å². The highest BCUT2D eigenvalue weighted by molar-refractivity contribution is 5.94. The van der Waals surface area contributed by atoms with Crippen molar-refractivity contribution in [3.63, 3.8) is 0 Å². The molecule has 33 heavy (non-hydrogen) atoms. The Hall–Kier alpha value is -4.07. The highest BCUT2D eigenvalue weighted by Gasteiger charge is 2.23. The lowest BCUT2D eigenvalue weighted by atomic mass is 10.2. The van der Waals surface area contributed by atoms with Gasteiger partial charge in [0.1, 0.15) is 5.82 Å². The number of carbonyl (C=O) groups excluding carboxylic acids is 2. The van der Waals surface area contributed by atoms with Crippen LogP contribution in [0.15, 0.2) is 89.1 Å². The van der Waals surface area contributed by atoms with Gasteiger partial charge in [-0.15, -0.1) is 0 Å². The Bertz CT molecular complexity index is 1120. The molecule has 3 aromatic rings. The molecule has 3 amide bonds. The SMILES string of the molecule is O=C(Nc1ccc(N=Nc2ccccc2)cc1)N1CCCN(C(=O)c2ccc(F)cc2)CC1. The first-order chi connectivity index (χ1) is 16.1. The second-order valence-corrected chi connectivity index (χ2v) is 7.65. The van der Waals surface area contributed by atoms with Gasteiger partial charge >= 0.3 is 6.03 Å². The number of azo groups is 1. The second-order valence-electron chi connectivity index (χ2n) is 7.65. The summed E-state index contributed by atoms with van der Waals surface area (Å²) in [6, 6.07) is 21.9. The summed E-state index contributed by atoms with van der Waals surface area (Å²) in [7, 11) is 0. The van der Waals surface area contributed by atoms with Crippen LogP contribution in [0.25, 0.3) is 0 Å². The predicted octanol–water partition coefficient (Wildman–Crippen LogP) is 5.62. The molecule has 7 nitrogen and oxygen atoms in total. The first kappa shape index (κ1) is 22.1. The zero-order chi connectivity index (χ0) is 23.0. The fourth-order valence-corrected chi connectivity index (χ4v) is 3.52. The smallest absolute Gasteiger partial charge is 0.321 e. The van der Waals surface area contributed by atoms with Crippen molar-refractivity contribution < 1.29 is 14.0 Å². The van der Waals surface area contributed by atoms with Gasteiger partial charge in [0.05, 0.1) is 11.4 Å². The first-order valence-corrected chi connectivity index (χ1v) is 10.8. The molecule has 0 spiro atoms. The van der Waals surface area contributed by atoms with Crippen molar-refractivity contribution >= 4 is 29.0 Å². The third-order valence-corrected chi connectivity index (χ3v) is 5.32. The van der Waals surface area contributed by atoms with E-state index >= 15 is 0 Å². The van der Waals surface area contributed by atoms with Crippen molar-refractivity contribution in [1.82, 2.24) is 9.80 Å². The number of amides is 3. The Morgan fingerprint density at radius 2 is 1.33 bits per heavy atom. The van der Waals surface area contributed by atoms with Crippen molar-refractivity contribution in [2.24, 2.45) is 10.2 Å². The monoisotopic (exact) mass is 445 g/mol. The van der Waals surface area contributed by atoms with E-state index in [4.69, 9.17) is 0 Å². The molecule has 4 rings (SSSR count). The molecule has 1 heterocycles. The summed E-state index contributed by atoms with van der Waals surface area (Å²) in [5.74, 6) is -0.532. The Kier molecular flexibility index (Phi) is 7.04. The molecule has 0 radical (unpaired) electrons. The third-order valence-electron chi connectivity index (χ3n) is 5.32. The van der Waals surface area contributed by atoms with E-state index in [2.05, 4.69) is 15.5 Å². The van der Waals surface area contributed by atoms with Crippen molar-refractivity contribution in [2.45, 2.75) is 6.42 Å². The zero-order valence-electron chi connectivity index (χ0n) is 18.0. The lowest BCUT2D eigenvalue weighted by Gasteiger charge is -2.22. The number of urea groups is 1. The Labute approximate surface area is 191 Å². The van der Waals surface area contributed by atoms with Gasteiger partial charge in [0.25, 0.3) is 5.91 Å². The number of nitrogens with zero attached hydrogens (tertiary/aromatic N) is 4. The number of halogens is 1. The lowest BCUT2D eigenvalue weighted by molar-refractivity contribution is 0.0762. The molecule has 0 bridgehead atoms. The summed E-state index contributed by atoms with van der Waals surface area (Å²) < 4.78 is 13.1. The first-order valence-electron chi connectivity index (χ1n) is 10.8. The minimum absolute atomic E-state index is 0.155. The van der Waals surface area contributed by atoms with Crippen LogP contribution in [0.5, 0.6) is 0 Å². The minimum atomic E-state index is -0.377. The average Bonchev–Trinajstić information content (AvgIpc) is 3.11. The van der Waals surface area contributed by atoms with Crippen molar-refractivity contribution in [3.05, 3.63) is 90.2 Å². The quantitative estimate of drug-likeness (QED) is 0.529. The van der Waals surface area contributed by atoms with E-state index in [-0.39, 0.29) is 17.8 Å². The van der Waals surface area contributed by atoms with Crippen LogP contribution in [0.3, 0.4) is 0 Å². The number of carbonyl (C=O) groups is 2. The standard InChI is InChI=1S/C25H24FN5O2/c26-20-9-7-19(8-10-20)24(32)30-15-4-16-31(18-17-30)25(33)27-21-11-13-23(14-12-21)29-28-22-5-2-1-3-6-22/h1-3,5-14H,4,15-18H2,(H,27,33). The van der Waals surface area contributed by atoms with Gasteiger partial charge in [0.2, 0.25) is 0 Å². The Balaban J connectivity index is 1.31. The number of hydrogen-bond acceptors (Lipinski definition) is 4. The summed E-state index contributed by atoms with van der Waals surface area (Å²) >= 11 is 0. The van der Waals surface area contributed by atoms with Gasteiger partial charge in [-0.05, 0) is 67.1 Å². The minimum Gasteiger partial charge on any atom is -0.337 e. The fraction of sp³-hybridized carbons (Fsp3) is 0.200. The molecule has 8 heteroatoms. The van der Waals surface area contributed by atoms with Crippen LogP contribution in [0, 0.1) is 5.82 Å². The Morgan fingerprint density at radius 1 is 0.727 bits per heavy atom. The maximum absolute atomic E-state index is 13.1. The highest BCUT2D eigenvalue weighted by atomic mass is 19.1. The van der Waals surface area contributed by atoms with E-state index < -0.39 is 0 Å². The summed E-state index contributed by atoms with van der Waals surface area (Å²) in [4.78, 5) is 28.8. The zero-order valence-corrected chi connectivity index (χ0v) is 18.0. The summed E-state index contributed by atoms with van der Waals surface area (Å²) in [6.45, 7) is 1.92. The van der Waals surface area contributed by atoms with Crippen LogP contribution in [-0.2, 0) is 0 Å². The molecule has 1 saturated heterocycles. The van der Waals surface area contributed by atoms with Crippen LogP contribution < -0.4 is 5.32 Å². The fourth-order valence-electron chi connectivity index (χ4n) is 3.52. The van der Waals surface area contributed by atoms with Gasteiger partial charge in [-0.25, -0.2) is 9.18 Å². The van der Waals surface area contributed by atoms with Crippen LogP contribution in [0.4, 0.5) is 26.2 Å². The normalized spacial score (nSPS) is 14.2. The molecular formula is C25H24FN5O2. The molecule has 1 N–H and O–H groups in total. The van der Waals surface area contributed by atoms with E-state index in [0.29, 0.717) is 49.5 Å². The van der Waals surface area contributed by atoms with Gasteiger partial charge in [0, 0.05) is 37.4 Å². The van der Waals surface area contributed by atoms with Gasteiger partial charge in [-0.2, -0.15) is 10.2 Å². The van der Waals surface area contributed by atoms with E-state index in [9.17, 15) is 14.0 Å². The molecule has 168 valence electrons. The molecular weight excluding hydrogens is 421 g/mol. The highest BCUT2D eigenvalue weighted by Crippen LogP contribution is 2.20. The molecule has 1 aliphatic heterocycles. The average molecular weight is 445 g/mol. The molecule has 0 aromatic heterocycles.